The molecular weight excluding hydrogens is 268 g/mol. The summed E-state index contributed by atoms with van der Waals surface area (Å²) >= 11 is 1.52. The highest BCUT2D eigenvalue weighted by atomic mass is 32.2. The molecule has 7 heteroatoms. The molecule has 0 spiro atoms. The first-order valence-electron chi connectivity index (χ1n) is 6.18. The maximum absolute atomic E-state index is 12.2. The number of nitrogens with zero attached hydrogens (tertiary/aromatic N) is 1. The molecule has 6 nitrogen and oxygen atoms in total. The van der Waals surface area contributed by atoms with Crippen molar-refractivity contribution in [3.05, 3.63) is 0 Å². The van der Waals surface area contributed by atoms with Crippen LogP contribution in [-0.4, -0.2) is 51.0 Å². The third-order valence-electron chi connectivity index (χ3n) is 3.34. The number of aliphatic carboxylic acids is 1. The number of carboxylic acids is 1. The zero-order chi connectivity index (χ0) is 14.6. The van der Waals surface area contributed by atoms with E-state index >= 15 is 0 Å². The van der Waals surface area contributed by atoms with E-state index in [0.29, 0.717) is 18.1 Å². The molecule has 2 amide bonds. The standard InChI is InChI=1S/C12H20N2O4S/c1-4-12(3,5-10(16)17)13-11(18)9-6-19-7-14(9)8(2)15/h9H,4-7H2,1-3H3,(H,13,18)(H,16,17)/t9-,12+/m0/s1. The van der Waals surface area contributed by atoms with Gasteiger partial charge in [-0.25, -0.2) is 0 Å². The molecule has 1 aliphatic heterocycles. The number of rotatable bonds is 5. The van der Waals surface area contributed by atoms with Gasteiger partial charge in [-0.1, -0.05) is 6.92 Å². The summed E-state index contributed by atoms with van der Waals surface area (Å²) in [4.78, 5) is 36.0. The Morgan fingerprint density at radius 2 is 2.11 bits per heavy atom. The van der Waals surface area contributed by atoms with Crippen LogP contribution in [0.5, 0.6) is 0 Å². The topological polar surface area (TPSA) is 86.7 Å². The second-order valence-corrected chi connectivity index (χ2v) is 5.98. The Labute approximate surface area is 116 Å². The van der Waals surface area contributed by atoms with Gasteiger partial charge in [-0.3, -0.25) is 14.4 Å². The average Bonchev–Trinajstić information content (AvgIpc) is 2.76. The maximum Gasteiger partial charge on any atom is 0.305 e. The smallest absolute Gasteiger partial charge is 0.305 e. The lowest BCUT2D eigenvalue weighted by Gasteiger charge is -2.31. The van der Waals surface area contributed by atoms with Crippen LogP contribution in [0.25, 0.3) is 0 Å². The summed E-state index contributed by atoms with van der Waals surface area (Å²) in [5.74, 6) is -0.297. The number of hydrogen-bond donors (Lipinski definition) is 2. The van der Waals surface area contributed by atoms with Crippen LogP contribution >= 0.6 is 11.8 Å². The molecule has 0 aromatic rings. The van der Waals surface area contributed by atoms with Crippen molar-refractivity contribution in [3.63, 3.8) is 0 Å². The van der Waals surface area contributed by atoms with Crippen molar-refractivity contribution in [1.29, 1.82) is 0 Å². The van der Waals surface area contributed by atoms with Gasteiger partial charge in [-0.2, -0.15) is 0 Å². The number of nitrogens with one attached hydrogen (secondary N) is 1. The molecule has 0 radical (unpaired) electrons. The Kier molecular flexibility index (Phi) is 5.22. The lowest BCUT2D eigenvalue weighted by molar-refractivity contribution is -0.141. The second kappa shape index (κ2) is 6.27. The third kappa shape index (κ3) is 4.12. The van der Waals surface area contributed by atoms with Crippen LogP contribution in [-0.2, 0) is 14.4 Å². The third-order valence-corrected chi connectivity index (χ3v) is 4.35. The Balaban J connectivity index is 2.72. The van der Waals surface area contributed by atoms with Gasteiger partial charge in [-0.15, -0.1) is 11.8 Å². The van der Waals surface area contributed by atoms with Crippen molar-refractivity contribution in [1.82, 2.24) is 10.2 Å². The summed E-state index contributed by atoms with van der Waals surface area (Å²) in [6.07, 6.45) is 0.389. The van der Waals surface area contributed by atoms with Crippen LogP contribution in [0.3, 0.4) is 0 Å². The molecule has 2 N–H and O–H groups in total. The Morgan fingerprint density at radius 1 is 1.47 bits per heavy atom. The number of carbonyl (C=O) groups is 3. The fourth-order valence-electron chi connectivity index (χ4n) is 1.94. The van der Waals surface area contributed by atoms with Gasteiger partial charge in [0.05, 0.1) is 12.3 Å². The molecule has 19 heavy (non-hydrogen) atoms. The molecule has 0 aromatic carbocycles. The second-order valence-electron chi connectivity index (χ2n) is 4.98. The van der Waals surface area contributed by atoms with Crippen LogP contribution in [0.4, 0.5) is 0 Å². The summed E-state index contributed by atoms with van der Waals surface area (Å²) < 4.78 is 0. The van der Waals surface area contributed by atoms with E-state index in [1.165, 1.54) is 23.6 Å². The largest absolute Gasteiger partial charge is 0.481 e. The molecule has 1 saturated heterocycles. The Morgan fingerprint density at radius 3 is 2.58 bits per heavy atom. The fraction of sp³-hybridized carbons (Fsp3) is 0.750. The van der Waals surface area contributed by atoms with Gasteiger partial charge in [0.2, 0.25) is 11.8 Å². The highest BCUT2D eigenvalue weighted by Crippen LogP contribution is 2.23. The molecule has 0 bridgehead atoms. The van der Waals surface area contributed by atoms with Crippen LogP contribution in [0.2, 0.25) is 0 Å². The normalized spacial score (nSPS) is 21.8. The quantitative estimate of drug-likeness (QED) is 0.776. The number of hydrogen-bond acceptors (Lipinski definition) is 4. The number of carboxylic acid groups (broad SMARTS) is 1. The highest BCUT2D eigenvalue weighted by Gasteiger charge is 2.36. The molecule has 1 fully saturated rings. The van der Waals surface area contributed by atoms with E-state index in [0.717, 1.165) is 0 Å². The molecule has 1 heterocycles. The molecule has 0 saturated carbocycles. The van der Waals surface area contributed by atoms with E-state index < -0.39 is 17.6 Å². The maximum atomic E-state index is 12.2. The van der Waals surface area contributed by atoms with Crippen LogP contribution in [0.15, 0.2) is 0 Å². The van der Waals surface area contributed by atoms with Crippen molar-refractivity contribution in [2.75, 3.05) is 11.6 Å². The number of carbonyl (C=O) groups excluding carboxylic acids is 2. The van der Waals surface area contributed by atoms with Crippen LogP contribution in [0.1, 0.15) is 33.6 Å². The van der Waals surface area contributed by atoms with Gasteiger partial charge >= 0.3 is 5.97 Å². The zero-order valence-corrected chi connectivity index (χ0v) is 12.2. The first-order valence-corrected chi connectivity index (χ1v) is 7.33. The van der Waals surface area contributed by atoms with E-state index in [2.05, 4.69) is 5.32 Å². The van der Waals surface area contributed by atoms with Gasteiger partial charge < -0.3 is 15.3 Å². The highest BCUT2D eigenvalue weighted by molar-refractivity contribution is 7.99. The average molecular weight is 288 g/mol. The van der Waals surface area contributed by atoms with Crippen molar-refractivity contribution < 1.29 is 19.5 Å². The summed E-state index contributed by atoms with van der Waals surface area (Å²) in [7, 11) is 0. The van der Waals surface area contributed by atoms with E-state index in [-0.39, 0.29) is 18.2 Å². The Bertz CT molecular complexity index is 388. The zero-order valence-electron chi connectivity index (χ0n) is 11.4. The molecule has 108 valence electrons. The predicted octanol–water partition coefficient (Wildman–Crippen LogP) is 0.667. The Hall–Kier alpha value is -1.24. The lowest BCUT2D eigenvalue weighted by Crippen LogP contribution is -2.54. The fourth-order valence-corrected chi connectivity index (χ4v) is 3.16. The molecule has 1 aliphatic rings. The van der Waals surface area contributed by atoms with Crippen molar-refractivity contribution in [2.24, 2.45) is 0 Å². The van der Waals surface area contributed by atoms with Crippen LogP contribution < -0.4 is 5.32 Å². The molecule has 2 atom stereocenters. The SMILES string of the molecule is CC[C@](C)(CC(=O)O)NC(=O)[C@@H]1CSCN1C(C)=O. The van der Waals surface area contributed by atoms with Crippen molar-refractivity contribution in [3.8, 4) is 0 Å². The van der Waals surface area contributed by atoms with Gasteiger partial charge in [0.15, 0.2) is 0 Å². The van der Waals surface area contributed by atoms with Gasteiger partial charge in [0.1, 0.15) is 6.04 Å². The summed E-state index contributed by atoms with van der Waals surface area (Å²) in [6.45, 7) is 4.97. The number of amides is 2. The van der Waals surface area contributed by atoms with E-state index in [9.17, 15) is 14.4 Å². The van der Waals surface area contributed by atoms with Gasteiger partial charge in [0.25, 0.3) is 0 Å². The summed E-state index contributed by atoms with van der Waals surface area (Å²) in [6, 6.07) is -0.498. The van der Waals surface area contributed by atoms with Crippen LogP contribution in [0, 0.1) is 0 Å². The van der Waals surface area contributed by atoms with Crippen molar-refractivity contribution >= 4 is 29.5 Å². The molecule has 0 aromatic heterocycles. The monoisotopic (exact) mass is 288 g/mol. The van der Waals surface area contributed by atoms with Gasteiger partial charge in [-0.05, 0) is 13.3 Å². The molecule has 1 rings (SSSR count). The molecular formula is C12H20N2O4S. The predicted molar refractivity (Wildman–Crippen MR) is 72.7 cm³/mol. The number of thioether (sulfide) groups is 1. The van der Waals surface area contributed by atoms with Crippen molar-refractivity contribution in [2.45, 2.75) is 45.2 Å². The van der Waals surface area contributed by atoms with Gasteiger partial charge in [0, 0.05) is 18.2 Å². The lowest BCUT2D eigenvalue weighted by atomic mass is 9.94. The van der Waals surface area contributed by atoms with E-state index in [1.54, 1.807) is 6.92 Å². The minimum absolute atomic E-state index is 0.130. The van der Waals surface area contributed by atoms with E-state index in [4.69, 9.17) is 5.11 Å². The first-order chi connectivity index (χ1) is 8.79. The minimum Gasteiger partial charge on any atom is -0.481 e. The molecule has 0 unspecified atom stereocenters. The first kappa shape index (κ1) is 15.8. The summed E-state index contributed by atoms with van der Waals surface area (Å²) in [5, 5.41) is 11.7. The molecule has 0 aliphatic carbocycles. The summed E-state index contributed by atoms with van der Waals surface area (Å²) in [5.41, 5.74) is -0.779. The minimum atomic E-state index is -0.950. The van der Waals surface area contributed by atoms with E-state index in [1.807, 2.05) is 6.92 Å².